The second kappa shape index (κ2) is 11.6. The fourth-order valence-electron chi connectivity index (χ4n) is 3.57. The van der Waals surface area contributed by atoms with E-state index >= 15 is 0 Å². The van der Waals surface area contributed by atoms with Crippen molar-refractivity contribution in [1.82, 2.24) is 15.5 Å². The van der Waals surface area contributed by atoms with Gasteiger partial charge in [0.05, 0.1) is 6.54 Å². The number of benzene rings is 1. The Morgan fingerprint density at radius 2 is 1.93 bits per heavy atom. The van der Waals surface area contributed by atoms with Crippen LogP contribution in [-0.2, 0) is 6.42 Å². The number of rotatable bonds is 8. The fourth-order valence-corrected chi connectivity index (χ4v) is 3.57. The van der Waals surface area contributed by atoms with Crippen molar-refractivity contribution in [2.45, 2.75) is 45.6 Å². The smallest absolute Gasteiger partial charge is 0.231 e. The molecule has 2 aliphatic heterocycles. The van der Waals surface area contributed by atoms with Gasteiger partial charge >= 0.3 is 0 Å². The van der Waals surface area contributed by atoms with E-state index in [0.29, 0.717) is 12.8 Å². The van der Waals surface area contributed by atoms with Gasteiger partial charge in [0.2, 0.25) is 6.79 Å². The summed E-state index contributed by atoms with van der Waals surface area (Å²) in [4.78, 5) is 7.41. The van der Waals surface area contributed by atoms with Crippen LogP contribution in [0.1, 0.15) is 38.7 Å². The molecule has 152 valence electrons. The number of guanidine groups is 1. The van der Waals surface area contributed by atoms with Crippen LogP contribution in [-0.4, -0.2) is 56.4 Å². The molecule has 2 heterocycles. The van der Waals surface area contributed by atoms with Gasteiger partial charge in [-0.2, -0.15) is 0 Å². The topological polar surface area (TPSA) is 58.1 Å². The van der Waals surface area contributed by atoms with Crippen LogP contribution in [0.25, 0.3) is 0 Å². The van der Waals surface area contributed by atoms with Crippen LogP contribution in [0.3, 0.4) is 0 Å². The van der Waals surface area contributed by atoms with Crippen LogP contribution in [0.4, 0.5) is 0 Å². The molecule has 1 unspecified atom stereocenters. The van der Waals surface area contributed by atoms with Gasteiger partial charge in [0.15, 0.2) is 17.5 Å². The molecule has 0 saturated carbocycles. The molecule has 1 aromatic carbocycles. The predicted molar refractivity (Wildman–Crippen MR) is 121 cm³/mol. The molecule has 1 fully saturated rings. The van der Waals surface area contributed by atoms with Crippen LogP contribution in [0.15, 0.2) is 23.2 Å². The highest BCUT2D eigenvalue weighted by Gasteiger charge is 2.20. The quantitative estimate of drug-likeness (QED) is 0.335. The van der Waals surface area contributed by atoms with E-state index in [1.54, 1.807) is 0 Å². The largest absolute Gasteiger partial charge is 0.454 e. The summed E-state index contributed by atoms with van der Waals surface area (Å²) in [7, 11) is 0. The van der Waals surface area contributed by atoms with E-state index in [2.05, 4.69) is 41.5 Å². The van der Waals surface area contributed by atoms with Crippen molar-refractivity contribution in [2.75, 3.05) is 39.5 Å². The standard InChI is InChI=1S/C20H32N4O2.HI/c1-3-17(24-11-5-6-12-24)14-23-20(21-4-2)22-10-9-16-7-8-18-19(13-16)26-15-25-18;/h7-8,13,17H,3-6,9-12,14-15H2,1-2H3,(H2,21,22,23);1H. The van der Waals surface area contributed by atoms with Crippen LogP contribution < -0.4 is 20.1 Å². The molecule has 1 aromatic rings. The summed E-state index contributed by atoms with van der Waals surface area (Å²) >= 11 is 0. The van der Waals surface area contributed by atoms with E-state index in [9.17, 15) is 0 Å². The number of halogens is 1. The van der Waals surface area contributed by atoms with E-state index in [-0.39, 0.29) is 24.0 Å². The van der Waals surface area contributed by atoms with Gasteiger partial charge in [-0.1, -0.05) is 13.0 Å². The molecule has 0 amide bonds. The third-order valence-corrected chi connectivity index (χ3v) is 5.08. The number of aliphatic imine (C=N–C) groups is 1. The molecule has 2 N–H and O–H groups in total. The van der Waals surface area contributed by atoms with Crippen LogP contribution in [0.2, 0.25) is 0 Å². The lowest BCUT2D eigenvalue weighted by atomic mass is 10.1. The van der Waals surface area contributed by atoms with E-state index < -0.39 is 0 Å². The lowest BCUT2D eigenvalue weighted by Gasteiger charge is -2.25. The summed E-state index contributed by atoms with van der Waals surface area (Å²) in [5.74, 6) is 2.59. The molecule has 0 spiro atoms. The van der Waals surface area contributed by atoms with Crippen LogP contribution in [0.5, 0.6) is 11.5 Å². The number of hydrogen-bond acceptors (Lipinski definition) is 4. The predicted octanol–water partition coefficient (Wildman–Crippen LogP) is 3.01. The maximum atomic E-state index is 5.45. The number of nitrogens with zero attached hydrogens (tertiary/aromatic N) is 2. The number of hydrogen-bond donors (Lipinski definition) is 2. The van der Waals surface area contributed by atoms with Gasteiger partial charge in [-0.05, 0) is 63.4 Å². The first-order valence-corrected chi connectivity index (χ1v) is 9.95. The Morgan fingerprint density at radius 3 is 2.67 bits per heavy atom. The Hall–Kier alpha value is -1.22. The van der Waals surface area contributed by atoms with Crippen molar-refractivity contribution < 1.29 is 9.47 Å². The molecule has 1 saturated heterocycles. The van der Waals surface area contributed by atoms with E-state index in [1.807, 2.05) is 6.07 Å². The highest BCUT2D eigenvalue weighted by atomic mass is 127. The van der Waals surface area contributed by atoms with Crippen LogP contribution >= 0.6 is 24.0 Å². The molecule has 7 heteroatoms. The minimum Gasteiger partial charge on any atom is -0.454 e. The third-order valence-electron chi connectivity index (χ3n) is 5.08. The maximum absolute atomic E-state index is 5.45. The SMILES string of the molecule is CCNC(=NCC(CC)N1CCCC1)NCCc1ccc2c(c1)OCO2.I. The van der Waals surface area contributed by atoms with Gasteiger partial charge in [-0.3, -0.25) is 9.89 Å². The molecule has 1 atom stereocenters. The van der Waals surface area contributed by atoms with Crippen molar-refractivity contribution in [3.63, 3.8) is 0 Å². The van der Waals surface area contributed by atoms with Gasteiger partial charge < -0.3 is 20.1 Å². The summed E-state index contributed by atoms with van der Waals surface area (Å²) in [6, 6.07) is 6.70. The zero-order valence-electron chi connectivity index (χ0n) is 16.5. The second-order valence-electron chi connectivity index (χ2n) is 6.89. The highest BCUT2D eigenvalue weighted by Crippen LogP contribution is 2.32. The van der Waals surface area contributed by atoms with Crippen molar-refractivity contribution in [1.29, 1.82) is 0 Å². The molecule has 6 nitrogen and oxygen atoms in total. The summed E-state index contributed by atoms with van der Waals surface area (Å²) < 4.78 is 10.8. The first-order chi connectivity index (χ1) is 12.8. The lowest BCUT2D eigenvalue weighted by molar-refractivity contribution is 0.174. The summed E-state index contributed by atoms with van der Waals surface area (Å²) in [5.41, 5.74) is 1.24. The van der Waals surface area contributed by atoms with Gasteiger partial charge in [-0.15, -0.1) is 24.0 Å². The lowest BCUT2D eigenvalue weighted by Crippen LogP contribution is -2.40. The number of fused-ring (bicyclic) bond motifs is 1. The summed E-state index contributed by atoms with van der Waals surface area (Å²) in [5, 5.41) is 6.81. The number of nitrogens with one attached hydrogen (secondary N) is 2. The number of ether oxygens (including phenoxy) is 2. The monoisotopic (exact) mass is 488 g/mol. The minimum atomic E-state index is 0. The van der Waals surface area contributed by atoms with Crippen molar-refractivity contribution in [2.24, 2.45) is 4.99 Å². The second-order valence-corrected chi connectivity index (χ2v) is 6.89. The fraction of sp³-hybridized carbons (Fsp3) is 0.650. The molecular weight excluding hydrogens is 455 g/mol. The van der Waals surface area contributed by atoms with E-state index in [0.717, 1.165) is 49.9 Å². The summed E-state index contributed by atoms with van der Waals surface area (Å²) in [6.07, 6.45) is 4.73. The average Bonchev–Trinajstić information content (AvgIpc) is 3.33. The molecule has 0 aromatic heterocycles. The summed E-state index contributed by atoms with van der Waals surface area (Å²) in [6.45, 7) is 9.71. The van der Waals surface area contributed by atoms with E-state index in [4.69, 9.17) is 14.5 Å². The normalized spacial score (nSPS) is 17.5. The van der Waals surface area contributed by atoms with Crippen molar-refractivity contribution >= 4 is 29.9 Å². The molecule has 0 radical (unpaired) electrons. The highest BCUT2D eigenvalue weighted by molar-refractivity contribution is 14.0. The van der Waals surface area contributed by atoms with Gasteiger partial charge in [0, 0.05) is 19.1 Å². The molecule has 3 rings (SSSR count). The first kappa shape index (κ1) is 22.1. The molecule has 27 heavy (non-hydrogen) atoms. The Morgan fingerprint density at radius 1 is 1.15 bits per heavy atom. The van der Waals surface area contributed by atoms with Crippen LogP contribution in [0, 0.1) is 0 Å². The first-order valence-electron chi connectivity index (χ1n) is 9.95. The zero-order valence-corrected chi connectivity index (χ0v) is 18.8. The Kier molecular flexibility index (Phi) is 9.47. The molecule has 2 aliphatic rings. The van der Waals surface area contributed by atoms with Gasteiger partial charge in [-0.25, -0.2) is 0 Å². The van der Waals surface area contributed by atoms with Gasteiger partial charge in [0.25, 0.3) is 0 Å². The Balaban J connectivity index is 0.00000261. The van der Waals surface area contributed by atoms with Gasteiger partial charge in [0.1, 0.15) is 0 Å². The minimum absolute atomic E-state index is 0. The molecule has 0 bridgehead atoms. The van der Waals surface area contributed by atoms with Crippen molar-refractivity contribution in [3.8, 4) is 11.5 Å². The average molecular weight is 488 g/mol. The zero-order chi connectivity index (χ0) is 18.2. The molecular formula is C20H33IN4O2. The Bertz CT molecular complexity index is 606. The Labute approximate surface area is 180 Å². The third kappa shape index (κ3) is 6.41. The van der Waals surface area contributed by atoms with Crippen molar-refractivity contribution in [3.05, 3.63) is 23.8 Å². The maximum Gasteiger partial charge on any atom is 0.231 e. The number of likely N-dealkylation sites (tertiary alicyclic amines) is 1. The van der Waals surface area contributed by atoms with E-state index in [1.165, 1.54) is 31.5 Å². The molecule has 0 aliphatic carbocycles.